The maximum atomic E-state index is 2.92. The zero-order chi connectivity index (χ0) is 37.0. The molecular formula is C50H54BN3. The summed E-state index contributed by atoms with van der Waals surface area (Å²) >= 11 is 0. The molecule has 4 atom stereocenters. The molecule has 0 aromatic heterocycles. The summed E-state index contributed by atoms with van der Waals surface area (Å²) in [7, 11) is 0. The van der Waals surface area contributed by atoms with E-state index < -0.39 is 0 Å². The van der Waals surface area contributed by atoms with Gasteiger partial charge in [0.2, 0.25) is 0 Å². The smallest absolute Gasteiger partial charge is 0.252 e. The number of fused-ring (bicyclic) bond motifs is 10. The van der Waals surface area contributed by atoms with Gasteiger partial charge in [-0.2, -0.15) is 0 Å². The maximum Gasteiger partial charge on any atom is 0.252 e. The number of hydrogen-bond acceptors (Lipinski definition) is 3. The predicted molar refractivity (Wildman–Crippen MR) is 230 cm³/mol. The summed E-state index contributed by atoms with van der Waals surface area (Å²) in [4.78, 5) is 8.34. The Labute approximate surface area is 323 Å². The van der Waals surface area contributed by atoms with Crippen LogP contribution in [0.15, 0.2) is 103 Å². The highest BCUT2D eigenvalue weighted by molar-refractivity contribution is 7.00. The van der Waals surface area contributed by atoms with E-state index in [1.54, 1.807) is 5.56 Å². The number of nitrogens with zero attached hydrogens (tertiary/aromatic N) is 3. The van der Waals surface area contributed by atoms with Crippen molar-refractivity contribution in [3.63, 3.8) is 0 Å². The van der Waals surface area contributed by atoms with Crippen molar-refractivity contribution in [1.29, 1.82) is 0 Å². The van der Waals surface area contributed by atoms with Gasteiger partial charge in [0.1, 0.15) is 0 Å². The van der Waals surface area contributed by atoms with E-state index in [0.29, 0.717) is 0 Å². The van der Waals surface area contributed by atoms with Gasteiger partial charge in [-0.25, -0.2) is 0 Å². The average Bonchev–Trinajstić information content (AvgIpc) is 3.51. The van der Waals surface area contributed by atoms with Gasteiger partial charge in [-0.3, -0.25) is 0 Å². The highest BCUT2D eigenvalue weighted by atomic mass is 15.3. The molecule has 0 radical (unpaired) electrons. The minimum absolute atomic E-state index is 0.0208. The van der Waals surface area contributed by atoms with Crippen molar-refractivity contribution in [3.05, 3.63) is 120 Å². The fraction of sp³-hybridized carbons (Fsp3) is 0.400. The summed E-state index contributed by atoms with van der Waals surface area (Å²) in [5.74, 6) is 0. The van der Waals surface area contributed by atoms with Gasteiger partial charge in [-0.15, -0.1) is 0 Å². The van der Waals surface area contributed by atoms with Crippen LogP contribution in [0.25, 0.3) is 0 Å². The van der Waals surface area contributed by atoms with Gasteiger partial charge >= 0.3 is 0 Å². The lowest BCUT2D eigenvalue weighted by molar-refractivity contribution is 0.194. The fourth-order valence-corrected chi connectivity index (χ4v) is 12.8. The zero-order valence-electron chi connectivity index (χ0n) is 33.4. The predicted octanol–water partition coefficient (Wildman–Crippen LogP) is 11.1. The topological polar surface area (TPSA) is 9.72 Å². The van der Waals surface area contributed by atoms with E-state index in [-0.39, 0.29) is 34.0 Å². The Hall–Kier alpha value is -4.44. The summed E-state index contributed by atoms with van der Waals surface area (Å²) < 4.78 is 0. The molecule has 54 heavy (non-hydrogen) atoms. The van der Waals surface area contributed by atoms with Crippen molar-refractivity contribution in [2.45, 2.75) is 127 Å². The SMILES string of the molecule is CC(C)(C)c1cc2c3c(c1)C1(C)CCCCC1(C)N3c1cc(N3c4ccccc4C4(C)CCCCC34C)cc3c1B2c1ccccc1N3c1ccccc1. The molecule has 4 heterocycles. The molecule has 2 saturated carbocycles. The van der Waals surface area contributed by atoms with Crippen LogP contribution >= 0.6 is 0 Å². The van der Waals surface area contributed by atoms with Crippen molar-refractivity contribution in [2.24, 2.45) is 0 Å². The second kappa shape index (κ2) is 10.7. The summed E-state index contributed by atoms with van der Waals surface area (Å²) in [6.45, 7) is 17.8. The first-order chi connectivity index (χ1) is 25.9. The Kier molecular flexibility index (Phi) is 6.50. The lowest BCUT2D eigenvalue weighted by Gasteiger charge is -2.53. The average molecular weight is 708 g/mol. The van der Waals surface area contributed by atoms with Crippen LogP contribution in [0, 0.1) is 0 Å². The highest BCUT2D eigenvalue weighted by Crippen LogP contribution is 2.64. The van der Waals surface area contributed by atoms with E-state index in [2.05, 4.69) is 166 Å². The van der Waals surface area contributed by atoms with Crippen molar-refractivity contribution >= 4 is 62.9 Å². The van der Waals surface area contributed by atoms with Crippen LogP contribution < -0.4 is 31.1 Å². The van der Waals surface area contributed by atoms with Gasteiger partial charge in [0.25, 0.3) is 6.71 Å². The Balaban J connectivity index is 1.28. The Bertz CT molecular complexity index is 2390. The summed E-state index contributed by atoms with van der Waals surface area (Å²) in [5.41, 5.74) is 18.7. The molecule has 3 nitrogen and oxygen atoms in total. The molecule has 11 rings (SSSR count). The fourth-order valence-electron chi connectivity index (χ4n) is 12.8. The third-order valence-electron chi connectivity index (χ3n) is 16.1. The second-order valence-electron chi connectivity index (χ2n) is 19.6. The van der Waals surface area contributed by atoms with Crippen molar-refractivity contribution in [2.75, 3.05) is 14.7 Å². The molecule has 2 aliphatic carbocycles. The Morgan fingerprint density at radius 3 is 1.83 bits per heavy atom. The largest absolute Gasteiger partial charge is 0.335 e. The Morgan fingerprint density at radius 1 is 0.519 bits per heavy atom. The number of hydrogen-bond donors (Lipinski definition) is 0. The third-order valence-corrected chi connectivity index (χ3v) is 16.1. The minimum atomic E-state index is -0.0308. The van der Waals surface area contributed by atoms with Crippen LogP contribution in [-0.4, -0.2) is 17.8 Å². The molecular weight excluding hydrogens is 653 g/mol. The monoisotopic (exact) mass is 707 g/mol. The quantitative estimate of drug-likeness (QED) is 0.166. The van der Waals surface area contributed by atoms with Gasteiger partial charge in [0.15, 0.2) is 0 Å². The van der Waals surface area contributed by atoms with Gasteiger partial charge in [-0.05, 0) is 114 Å². The van der Waals surface area contributed by atoms with E-state index in [4.69, 9.17) is 0 Å². The zero-order valence-corrected chi connectivity index (χ0v) is 33.4. The van der Waals surface area contributed by atoms with Crippen molar-refractivity contribution in [1.82, 2.24) is 0 Å². The molecule has 5 aromatic carbocycles. The lowest BCUT2D eigenvalue weighted by atomic mass is 9.33. The Morgan fingerprint density at radius 2 is 1.11 bits per heavy atom. The van der Waals surface area contributed by atoms with Gasteiger partial charge in [0, 0.05) is 50.6 Å². The van der Waals surface area contributed by atoms with E-state index in [1.807, 2.05) is 0 Å². The number of anilines is 7. The van der Waals surface area contributed by atoms with E-state index in [1.165, 1.54) is 119 Å². The van der Waals surface area contributed by atoms with Crippen molar-refractivity contribution in [3.8, 4) is 0 Å². The molecule has 6 aliphatic rings. The molecule has 4 aliphatic heterocycles. The molecule has 4 heteroatoms. The summed E-state index contributed by atoms with van der Waals surface area (Å²) in [6.07, 6.45) is 10.00. The first kappa shape index (κ1) is 32.9. The van der Waals surface area contributed by atoms with Gasteiger partial charge < -0.3 is 14.7 Å². The number of para-hydroxylation sites is 3. The van der Waals surface area contributed by atoms with E-state index in [0.717, 1.165) is 0 Å². The van der Waals surface area contributed by atoms with Crippen LogP contribution in [-0.2, 0) is 16.2 Å². The molecule has 272 valence electrons. The lowest BCUT2D eigenvalue weighted by Crippen LogP contribution is -2.64. The summed E-state index contributed by atoms with van der Waals surface area (Å²) in [5, 5.41) is 0. The van der Waals surface area contributed by atoms with Crippen LogP contribution in [0.5, 0.6) is 0 Å². The van der Waals surface area contributed by atoms with Gasteiger partial charge in [-0.1, -0.05) is 127 Å². The summed E-state index contributed by atoms with van der Waals surface area (Å²) in [6, 6.07) is 40.5. The van der Waals surface area contributed by atoms with E-state index >= 15 is 0 Å². The van der Waals surface area contributed by atoms with Crippen LogP contribution in [0.3, 0.4) is 0 Å². The van der Waals surface area contributed by atoms with Crippen LogP contribution in [0.4, 0.5) is 39.8 Å². The maximum absolute atomic E-state index is 2.92. The molecule has 4 unspecified atom stereocenters. The highest BCUT2D eigenvalue weighted by Gasteiger charge is 2.62. The molecule has 5 aromatic rings. The van der Waals surface area contributed by atoms with E-state index in [9.17, 15) is 0 Å². The van der Waals surface area contributed by atoms with Crippen LogP contribution in [0.2, 0.25) is 0 Å². The molecule has 2 fully saturated rings. The van der Waals surface area contributed by atoms with Crippen LogP contribution in [0.1, 0.15) is 117 Å². The second-order valence-corrected chi connectivity index (χ2v) is 19.6. The molecule has 0 N–H and O–H groups in total. The molecule has 0 bridgehead atoms. The van der Waals surface area contributed by atoms with Gasteiger partial charge in [0.05, 0.1) is 11.1 Å². The number of rotatable bonds is 2. The number of benzene rings is 5. The molecule has 0 spiro atoms. The first-order valence-corrected chi connectivity index (χ1v) is 20.9. The standard InChI is InChI=1S/C50H54BN3/c1-46(2,3)33-29-37-45-39(30-33)51-38-22-12-14-24-41(38)52(34-19-9-8-10-20-34)42-31-35(32-43(44(42)51)54(45)50(7)28-18-16-26-48(37,50)5)53-40-23-13-11-21-36(40)47(4)25-15-17-27-49(47,53)6/h8-14,19-24,29-32H,15-18,25-28H2,1-7H3. The molecule has 0 saturated heterocycles. The van der Waals surface area contributed by atoms with Crippen molar-refractivity contribution < 1.29 is 0 Å². The third kappa shape index (κ3) is 3.86. The minimum Gasteiger partial charge on any atom is -0.335 e. The first-order valence-electron chi connectivity index (χ1n) is 20.9. The molecule has 0 amide bonds. The normalized spacial score (nSPS) is 28.6.